The van der Waals surface area contributed by atoms with E-state index in [1.165, 1.54) is 5.56 Å². The smallest absolute Gasteiger partial charge is 0.392 e. The first kappa shape index (κ1) is 14.3. The van der Waals surface area contributed by atoms with Crippen LogP contribution in [0.1, 0.15) is 32.3 Å². The van der Waals surface area contributed by atoms with Gasteiger partial charge in [-0.05, 0) is 43.6 Å². The summed E-state index contributed by atoms with van der Waals surface area (Å²) in [7, 11) is -2.01. The van der Waals surface area contributed by atoms with Crippen LogP contribution in [0.4, 0.5) is 0 Å². The van der Waals surface area contributed by atoms with Crippen LogP contribution in [0.2, 0.25) is 13.1 Å². The van der Waals surface area contributed by atoms with Crippen molar-refractivity contribution < 1.29 is 8.85 Å². The zero-order chi connectivity index (χ0) is 12.7. The molecule has 0 fully saturated rings. The second-order valence-corrected chi connectivity index (χ2v) is 7.99. The van der Waals surface area contributed by atoms with Crippen molar-refractivity contribution in [3.05, 3.63) is 29.8 Å². The Bertz CT molecular complexity index is 319. The summed E-state index contributed by atoms with van der Waals surface area (Å²) in [6, 6.07) is 8.31. The van der Waals surface area contributed by atoms with Crippen molar-refractivity contribution in [2.24, 2.45) is 0 Å². The van der Waals surface area contributed by atoms with Gasteiger partial charge in [0.15, 0.2) is 0 Å². The Kier molecular flexibility index (Phi) is 5.72. The molecule has 0 heterocycles. The van der Waals surface area contributed by atoms with Gasteiger partial charge in [0, 0.05) is 6.61 Å². The lowest BCUT2D eigenvalue weighted by Gasteiger charge is -2.23. The van der Waals surface area contributed by atoms with Gasteiger partial charge < -0.3 is 8.85 Å². The molecule has 1 aromatic carbocycles. The van der Waals surface area contributed by atoms with Crippen LogP contribution in [0.3, 0.4) is 0 Å². The van der Waals surface area contributed by atoms with Crippen LogP contribution in [-0.2, 0) is 10.8 Å². The fourth-order valence-electron chi connectivity index (χ4n) is 1.57. The Balaban J connectivity index is 2.50. The van der Waals surface area contributed by atoms with E-state index in [1.54, 1.807) is 0 Å². The van der Waals surface area contributed by atoms with E-state index in [0.717, 1.165) is 31.6 Å². The summed E-state index contributed by atoms with van der Waals surface area (Å²) in [5.41, 5.74) is 1.34. The van der Waals surface area contributed by atoms with Crippen LogP contribution in [0.25, 0.3) is 0 Å². The van der Waals surface area contributed by atoms with Crippen molar-refractivity contribution >= 4 is 8.56 Å². The molecule has 0 radical (unpaired) electrons. The van der Waals surface area contributed by atoms with E-state index in [4.69, 9.17) is 8.85 Å². The first-order chi connectivity index (χ1) is 8.07. The molecule has 0 aliphatic carbocycles. The molecule has 1 rings (SSSR count). The van der Waals surface area contributed by atoms with Gasteiger partial charge in [0.05, 0.1) is 0 Å². The van der Waals surface area contributed by atoms with Gasteiger partial charge in [0.2, 0.25) is 0 Å². The molecular formula is C14H24O2Si. The number of rotatable bonds is 7. The highest BCUT2D eigenvalue weighted by Gasteiger charge is 2.26. The van der Waals surface area contributed by atoms with Crippen molar-refractivity contribution in [1.82, 2.24) is 0 Å². The summed E-state index contributed by atoms with van der Waals surface area (Å²) in [4.78, 5) is 0. The SMILES string of the molecule is CCCCO[Si](C)(C)Oc1ccc(CC)cc1. The van der Waals surface area contributed by atoms with Crippen molar-refractivity contribution in [3.8, 4) is 5.75 Å². The lowest BCUT2D eigenvalue weighted by atomic mass is 10.2. The molecule has 17 heavy (non-hydrogen) atoms. The summed E-state index contributed by atoms with van der Waals surface area (Å²) < 4.78 is 11.8. The Morgan fingerprint density at radius 1 is 1.06 bits per heavy atom. The highest BCUT2D eigenvalue weighted by Crippen LogP contribution is 2.18. The zero-order valence-corrected chi connectivity index (χ0v) is 12.5. The summed E-state index contributed by atoms with van der Waals surface area (Å²) in [6.45, 7) is 9.32. The molecule has 0 saturated heterocycles. The number of aryl methyl sites for hydroxylation is 1. The third-order valence-electron chi connectivity index (χ3n) is 2.64. The van der Waals surface area contributed by atoms with E-state index < -0.39 is 8.56 Å². The molecule has 0 atom stereocenters. The standard InChI is InChI=1S/C14H24O2Si/c1-5-7-12-15-17(3,4)16-14-10-8-13(6-2)9-11-14/h8-11H,5-7,12H2,1-4H3. The molecule has 2 nitrogen and oxygen atoms in total. The Hall–Kier alpha value is -0.803. The highest BCUT2D eigenvalue weighted by molar-refractivity contribution is 6.65. The van der Waals surface area contributed by atoms with Gasteiger partial charge in [-0.25, -0.2) is 0 Å². The maximum absolute atomic E-state index is 5.96. The fourth-order valence-corrected chi connectivity index (χ4v) is 2.97. The highest BCUT2D eigenvalue weighted by atomic mass is 28.4. The molecule has 0 aromatic heterocycles. The fraction of sp³-hybridized carbons (Fsp3) is 0.571. The van der Waals surface area contributed by atoms with E-state index in [0.29, 0.717) is 0 Å². The second kappa shape index (κ2) is 6.82. The van der Waals surface area contributed by atoms with Gasteiger partial charge in [-0.2, -0.15) is 0 Å². The summed E-state index contributed by atoms with van der Waals surface area (Å²) in [5.74, 6) is 0.926. The van der Waals surface area contributed by atoms with E-state index >= 15 is 0 Å². The van der Waals surface area contributed by atoms with Crippen LogP contribution >= 0.6 is 0 Å². The molecule has 0 amide bonds. The van der Waals surface area contributed by atoms with Gasteiger partial charge in [-0.15, -0.1) is 0 Å². The van der Waals surface area contributed by atoms with Crippen LogP contribution < -0.4 is 4.43 Å². The van der Waals surface area contributed by atoms with Crippen LogP contribution in [0.5, 0.6) is 5.75 Å². The molecule has 0 aliphatic heterocycles. The average molecular weight is 252 g/mol. The van der Waals surface area contributed by atoms with Crippen molar-refractivity contribution in [2.75, 3.05) is 6.61 Å². The molecule has 3 heteroatoms. The molecule has 0 aliphatic rings. The maximum atomic E-state index is 5.96. The minimum Gasteiger partial charge on any atom is -0.520 e. The topological polar surface area (TPSA) is 18.5 Å². The van der Waals surface area contributed by atoms with E-state index in [-0.39, 0.29) is 0 Å². The predicted molar refractivity (Wildman–Crippen MR) is 74.8 cm³/mol. The van der Waals surface area contributed by atoms with Crippen molar-refractivity contribution in [2.45, 2.75) is 46.2 Å². The predicted octanol–water partition coefficient (Wildman–Crippen LogP) is 4.15. The largest absolute Gasteiger partial charge is 0.520 e. The molecule has 96 valence electrons. The first-order valence-corrected chi connectivity index (χ1v) is 9.31. The maximum Gasteiger partial charge on any atom is 0.392 e. The Morgan fingerprint density at radius 2 is 1.71 bits per heavy atom. The van der Waals surface area contributed by atoms with Gasteiger partial charge >= 0.3 is 8.56 Å². The molecule has 1 aromatic rings. The third-order valence-corrected chi connectivity index (χ3v) is 4.27. The van der Waals surface area contributed by atoms with Crippen LogP contribution in [0.15, 0.2) is 24.3 Å². The lowest BCUT2D eigenvalue weighted by molar-refractivity contribution is 0.243. The minimum atomic E-state index is -2.01. The summed E-state index contributed by atoms with van der Waals surface area (Å²) in [6.07, 6.45) is 3.33. The number of hydrogen-bond acceptors (Lipinski definition) is 2. The minimum absolute atomic E-state index is 0.808. The van der Waals surface area contributed by atoms with Crippen LogP contribution in [0, 0.1) is 0 Å². The first-order valence-electron chi connectivity index (χ1n) is 6.49. The second-order valence-electron chi connectivity index (χ2n) is 4.70. The lowest BCUT2D eigenvalue weighted by Crippen LogP contribution is -2.38. The normalized spacial score (nSPS) is 11.5. The quantitative estimate of drug-likeness (QED) is 0.536. The van der Waals surface area contributed by atoms with E-state index in [1.807, 2.05) is 12.1 Å². The molecule has 0 unspecified atom stereocenters. The van der Waals surface area contributed by atoms with Gasteiger partial charge in [-0.3, -0.25) is 0 Å². The number of benzene rings is 1. The summed E-state index contributed by atoms with van der Waals surface area (Å²) >= 11 is 0. The van der Waals surface area contributed by atoms with Crippen molar-refractivity contribution in [3.63, 3.8) is 0 Å². The van der Waals surface area contributed by atoms with Crippen LogP contribution in [-0.4, -0.2) is 15.2 Å². The van der Waals surface area contributed by atoms with E-state index in [2.05, 4.69) is 39.1 Å². The molecule has 0 spiro atoms. The van der Waals surface area contributed by atoms with Gasteiger partial charge in [0.1, 0.15) is 5.75 Å². The Labute approximate surface area is 106 Å². The third kappa shape index (κ3) is 5.37. The zero-order valence-electron chi connectivity index (χ0n) is 11.5. The molecular weight excluding hydrogens is 228 g/mol. The molecule has 0 saturated carbocycles. The Morgan fingerprint density at radius 3 is 2.24 bits per heavy atom. The summed E-state index contributed by atoms with van der Waals surface area (Å²) in [5, 5.41) is 0. The monoisotopic (exact) mass is 252 g/mol. The molecule has 0 bridgehead atoms. The van der Waals surface area contributed by atoms with E-state index in [9.17, 15) is 0 Å². The number of hydrogen-bond donors (Lipinski definition) is 0. The average Bonchev–Trinajstić information content (AvgIpc) is 2.30. The van der Waals surface area contributed by atoms with Gasteiger partial charge in [0.25, 0.3) is 0 Å². The van der Waals surface area contributed by atoms with Crippen molar-refractivity contribution in [1.29, 1.82) is 0 Å². The van der Waals surface area contributed by atoms with Gasteiger partial charge in [-0.1, -0.05) is 32.4 Å². The molecule has 0 N–H and O–H groups in total. The number of unbranched alkanes of at least 4 members (excludes halogenated alkanes) is 1.